The van der Waals surface area contributed by atoms with E-state index in [0.29, 0.717) is 5.75 Å². The van der Waals surface area contributed by atoms with Gasteiger partial charge in [-0.1, -0.05) is 24.1 Å². The summed E-state index contributed by atoms with van der Waals surface area (Å²) in [7, 11) is 0. The quantitative estimate of drug-likeness (QED) is 0.692. The first kappa shape index (κ1) is 14.2. The molecule has 1 heterocycles. The lowest BCUT2D eigenvalue weighted by molar-refractivity contribution is 0.961. The van der Waals surface area contributed by atoms with E-state index in [1.54, 1.807) is 11.8 Å². The molecule has 0 bridgehead atoms. The number of nitrogens with zero attached hydrogens (tertiary/aromatic N) is 1. The van der Waals surface area contributed by atoms with Crippen LogP contribution in [-0.4, -0.2) is 16.0 Å². The van der Waals surface area contributed by atoms with Gasteiger partial charge >= 0.3 is 0 Å². The van der Waals surface area contributed by atoms with Gasteiger partial charge in [-0.25, -0.2) is 5.10 Å². The average Bonchev–Trinajstić information content (AvgIpc) is 2.45. The van der Waals surface area contributed by atoms with Gasteiger partial charge in [0.15, 0.2) is 0 Å². The lowest BCUT2D eigenvalue weighted by Gasteiger charge is -2.00. The van der Waals surface area contributed by atoms with Gasteiger partial charge in [0.2, 0.25) is 0 Å². The molecule has 0 saturated heterocycles. The second-order valence-electron chi connectivity index (χ2n) is 4.20. The summed E-state index contributed by atoms with van der Waals surface area (Å²) in [6, 6.07) is 9.64. The zero-order valence-corrected chi connectivity index (χ0v) is 11.9. The zero-order valence-electron chi connectivity index (χ0n) is 11.1. The Bertz CT molecular complexity index is 726. The van der Waals surface area contributed by atoms with Gasteiger partial charge < -0.3 is 0 Å². The summed E-state index contributed by atoms with van der Waals surface area (Å²) in [6.45, 7) is 1.86. The van der Waals surface area contributed by atoms with E-state index in [1.165, 1.54) is 6.07 Å². The van der Waals surface area contributed by atoms with Gasteiger partial charge in [-0.05, 0) is 36.3 Å². The topological polar surface area (TPSA) is 45.8 Å². The predicted octanol–water partition coefficient (Wildman–Crippen LogP) is 2.97. The van der Waals surface area contributed by atoms with Crippen molar-refractivity contribution < 1.29 is 0 Å². The third kappa shape index (κ3) is 3.87. The van der Waals surface area contributed by atoms with Crippen LogP contribution in [0.3, 0.4) is 0 Å². The highest BCUT2D eigenvalue weighted by molar-refractivity contribution is 7.99. The van der Waals surface area contributed by atoms with Crippen molar-refractivity contribution in [2.45, 2.75) is 11.8 Å². The number of aromatic amines is 1. The van der Waals surface area contributed by atoms with Crippen molar-refractivity contribution in [2.24, 2.45) is 0 Å². The van der Waals surface area contributed by atoms with Gasteiger partial charge in [0, 0.05) is 11.0 Å². The number of aromatic nitrogens is 2. The van der Waals surface area contributed by atoms with Gasteiger partial charge in [-0.2, -0.15) is 5.10 Å². The van der Waals surface area contributed by atoms with Crippen molar-refractivity contribution >= 4 is 23.9 Å². The number of nitrogens with one attached hydrogen (secondary N) is 1. The Hall–Kier alpha value is -2.25. The van der Waals surface area contributed by atoms with Gasteiger partial charge in [0.25, 0.3) is 5.56 Å². The van der Waals surface area contributed by atoms with E-state index in [0.717, 1.165) is 21.7 Å². The average molecular weight is 282 g/mol. The fourth-order valence-corrected chi connectivity index (χ4v) is 2.33. The monoisotopic (exact) mass is 282 g/mol. The van der Waals surface area contributed by atoms with Crippen molar-refractivity contribution in [3.63, 3.8) is 0 Å². The third-order valence-electron chi connectivity index (χ3n) is 2.65. The number of hydrogen-bond acceptors (Lipinski definition) is 3. The highest BCUT2D eigenvalue weighted by Gasteiger charge is 1.97. The van der Waals surface area contributed by atoms with E-state index < -0.39 is 0 Å². The molecule has 0 aliphatic heterocycles. The summed E-state index contributed by atoms with van der Waals surface area (Å²) >= 11 is 1.63. The number of thioether (sulfide) groups is 1. The molecule has 0 atom stereocenters. The molecule has 2 aromatic rings. The van der Waals surface area contributed by atoms with Gasteiger partial charge in [0.1, 0.15) is 0 Å². The van der Waals surface area contributed by atoms with Crippen LogP contribution in [0, 0.1) is 19.3 Å². The van der Waals surface area contributed by atoms with Crippen LogP contribution >= 0.6 is 11.8 Å². The van der Waals surface area contributed by atoms with Crippen LogP contribution in [0.1, 0.15) is 16.8 Å². The molecular formula is C16H14N2OS. The Kier molecular flexibility index (Phi) is 4.80. The van der Waals surface area contributed by atoms with E-state index >= 15 is 0 Å². The van der Waals surface area contributed by atoms with Crippen molar-refractivity contribution in [3.8, 4) is 12.3 Å². The number of rotatable bonds is 4. The molecule has 0 aliphatic carbocycles. The van der Waals surface area contributed by atoms with E-state index in [4.69, 9.17) is 6.42 Å². The Labute approximate surface area is 122 Å². The molecule has 0 fully saturated rings. The summed E-state index contributed by atoms with van der Waals surface area (Å²) in [5, 5.41) is 6.44. The Morgan fingerprint density at radius 3 is 3.00 bits per heavy atom. The zero-order chi connectivity index (χ0) is 14.4. The smallest absolute Gasteiger partial charge is 0.264 e. The van der Waals surface area contributed by atoms with E-state index in [9.17, 15) is 4.79 Å². The maximum atomic E-state index is 11.1. The molecule has 1 aromatic heterocycles. The van der Waals surface area contributed by atoms with Crippen molar-refractivity contribution in [1.82, 2.24) is 10.2 Å². The van der Waals surface area contributed by atoms with Gasteiger partial charge in [-0.3, -0.25) is 4.79 Å². The lowest BCUT2D eigenvalue weighted by Crippen LogP contribution is -2.08. The second kappa shape index (κ2) is 6.78. The highest BCUT2D eigenvalue weighted by Crippen LogP contribution is 2.19. The minimum absolute atomic E-state index is 0.188. The summed E-state index contributed by atoms with van der Waals surface area (Å²) in [4.78, 5) is 12.2. The molecule has 2 rings (SSSR count). The normalized spacial score (nSPS) is 10.6. The van der Waals surface area contributed by atoms with Crippen molar-refractivity contribution in [3.05, 3.63) is 57.5 Å². The van der Waals surface area contributed by atoms with Crippen LogP contribution in [0.5, 0.6) is 0 Å². The Morgan fingerprint density at radius 2 is 2.25 bits per heavy atom. The molecule has 0 spiro atoms. The first-order valence-electron chi connectivity index (χ1n) is 6.10. The molecule has 1 N–H and O–H groups in total. The number of H-pyrrole nitrogens is 1. The molecule has 1 aromatic carbocycles. The largest absolute Gasteiger partial charge is 0.268 e. The second-order valence-corrected chi connectivity index (χ2v) is 5.25. The number of aryl methyl sites for hydroxylation is 1. The van der Waals surface area contributed by atoms with Crippen LogP contribution in [0.25, 0.3) is 12.2 Å². The molecule has 0 unspecified atom stereocenters. The molecule has 0 saturated carbocycles. The van der Waals surface area contributed by atoms with Crippen LogP contribution in [0.4, 0.5) is 0 Å². The fourth-order valence-electron chi connectivity index (χ4n) is 1.68. The highest BCUT2D eigenvalue weighted by atomic mass is 32.2. The molecule has 100 valence electrons. The van der Waals surface area contributed by atoms with Crippen LogP contribution in [0.2, 0.25) is 0 Å². The molecule has 0 aliphatic rings. The van der Waals surface area contributed by atoms with Crippen molar-refractivity contribution in [2.75, 3.05) is 5.75 Å². The van der Waals surface area contributed by atoms with Crippen LogP contribution < -0.4 is 5.56 Å². The van der Waals surface area contributed by atoms with Crippen LogP contribution in [0.15, 0.2) is 40.0 Å². The first-order valence-corrected chi connectivity index (χ1v) is 7.08. The Morgan fingerprint density at radius 1 is 1.40 bits per heavy atom. The standard InChI is InChI=1S/C16H14N2OS/c1-3-9-20-14-6-4-5-13(11-14)7-8-15-12(2)10-16(19)18-17-15/h1,4-8,10-11H,9H2,2H3,(H,18,19)/b8-7+. The minimum atomic E-state index is -0.188. The SMILES string of the molecule is C#CCSc1cccc(/C=C/c2n[nH]c(=O)cc2C)c1. The number of terminal acetylenes is 1. The molecule has 0 radical (unpaired) electrons. The molecule has 0 amide bonds. The lowest BCUT2D eigenvalue weighted by atomic mass is 10.1. The molecule has 4 heteroatoms. The third-order valence-corrected chi connectivity index (χ3v) is 3.55. The fraction of sp³-hybridized carbons (Fsp3) is 0.125. The number of hydrogen-bond donors (Lipinski definition) is 1. The maximum absolute atomic E-state index is 11.1. The van der Waals surface area contributed by atoms with Crippen molar-refractivity contribution in [1.29, 1.82) is 0 Å². The van der Waals surface area contributed by atoms with E-state index in [1.807, 2.05) is 37.3 Å². The summed E-state index contributed by atoms with van der Waals surface area (Å²) in [5.41, 5.74) is 2.49. The molecule has 3 nitrogen and oxygen atoms in total. The van der Waals surface area contributed by atoms with Crippen LogP contribution in [-0.2, 0) is 0 Å². The minimum Gasteiger partial charge on any atom is -0.268 e. The molecule has 20 heavy (non-hydrogen) atoms. The summed E-state index contributed by atoms with van der Waals surface area (Å²) in [5.74, 6) is 3.27. The van der Waals surface area contributed by atoms with E-state index in [2.05, 4.69) is 22.2 Å². The van der Waals surface area contributed by atoms with Gasteiger partial charge in [-0.15, -0.1) is 18.2 Å². The number of benzene rings is 1. The summed E-state index contributed by atoms with van der Waals surface area (Å²) < 4.78 is 0. The maximum Gasteiger partial charge on any atom is 0.264 e. The first-order chi connectivity index (χ1) is 9.69. The Balaban J connectivity index is 2.19. The summed E-state index contributed by atoms with van der Waals surface area (Å²) in [6.07, 6.45) is 9.11. The van der Waals surface area contributed by atoms with E-state index in [-0.39, 0.29) is 5.56 Å². The molecular weight excluding hydrogens is 268 g/mol. The predicted molar refractivity (Wildman–Crippen MR) is 84.5 cm³/mol. The van der Waals surface area contributed by atoms with Gasteiger partial charge in [0.05, 0.1) is 11.4 Å².